The third-order valence-corrected chi connectivity index (χ3v) is 1.94. The molecule has 0 aliphatic carbocycles. The second-order valence-corrected chi connectivity index (χ2v) is 3.15. The highest BCUT2D eigenvalue weighted by molar-refractivity contribution is 7.80. The minimum absolute atomic E-state index is 0.761. The topological polar surface area (TPSA) is 12.0 Å². The Bertz CT molecular complexity index is 63.9. The van der Waals surface area contributed by atoms with Crippen molar-refractivity contribution in [1.29, 1.82) is 0 Å². The van der Waals surface area contributed by atoms with E-state index >= 15 is 0 Å². The maximum absolute atomic E-state index is 4.05. The molecule has 0 saturated carbocycles. The molecular weight excluding hydrogens is 130 g/mol. The first kappa shape index (κ1) is 9.31. The molecule has 0 aromatic rings. The predicted octanol–water partition coefficient (Wildman–Crippen LogP) is 1.76. The Labute approximate surface area is 63.6 Å². The van der Waals surface area contributed by atoms with Gasteiger partial charge in [0.2, 0.25) is 0 Å². The van der Waals surface area contributed by atoms with Gasteiger partial charge in [0, 0.05) is 5.88 Å². The van der Waals surface area contributed by atoms with Crippen LogP contribution in [0.15, 0.2) is 0 Å². The van der Waals surface area contributed by atoms with E-state index in [1.165, 1.54) is 0 Å². The molecule has 9 heavy (non-hydrogen) atoms. The quantitative estimate of drug-likeness (QED) is 0.456. The summed E-state index contributed by atoms with van der Waals surface area (Å²) in [5.74, 6) is 2.33. The van der Waals surface area contributed by atoms with Crippen LogP contribution in [0.4, 0.5) is 0 Å². The van der Waals surface area contributed by atoms with E-state index in [0.29, 0.717) is 0 Å². The van der Waals surface area contributed by atoms with Gasteiger partial charge in [0.1, 0.15) is 0 Å². The Morgan fingerprint density at radius 1 is 1.33 bits per heavy atom. The molecule has 56 valence electrons. The van der Waals surface area contributed by atoms with E-state index in [9.17, 15) is 0 Å². The summed E-state index contributed by atoms with van der Waals surface area (Å²) >= 11 is 4.05. The molecule has 0 radical (unpaired) electrons. The molecule has 0 aromatic carbocycles. The Balaban J connectivity index is 3.16. The van der Waals surface area contributed by atoms with Crippen LogP contribution in [0.3, 0.4) is 0 Å². The lowest BCUT2D eigenvalue weighted by molar-refractivity contribution is 0.403. The molecule has 0 heterocycles. The summed E-state index contributed by atoms with van der Waals surface area (Å²) < 4.78 is 0. The molecule has 0 spiro atoms. The molecular formula is C7H17NS. The Morgan fingerprint density at radius 3 is 2.22 bits per heavy atom. The van der Waals surface area contributed by atoms with Gasteiger partial charge in [0.05, 0.1) is 0 Å². The average Bonchev–Trinajstić information content (AvgIpc) is 1.82. The third-order valence-electron chi connectivity index (χ3n) is 1.72. The zero-order valence-electron chi connectivity index (χ0n) is 6.52. The highest BCUT2D eigenvalue weighted by atomic mass is 32.1. The number of hydrogen-bond acceptors (Lipinski definition) is 2. The molecule has 0 aromatic heterocycles. The van der Waals surface area contributed by atoms with Gasteiger partial charge in [0.15, 0.2) is 0 Å². The van der Waals surface area contributed by atoms with Crippen molar-refractivity contribution < 1.29 is 0 Å². The van der Waals surface area contributed by atoms with Crippen LogP contribution in [-0.4, -0.2) is 12.4 Å². The van der Waals surface area contributed by atoms with E-state index in [2.05, 4.69) is 38.7 Å². The third kappa shape index (κ3) is 4.79. The number of thiol groups is 1. The highest BCUT2D eigenvalue weighted by Gasteiger charge is 2.04. The first-order valence-electron chi connectivity index (χ1n) is 3.50. The van der Waals surface area contributed by atoms with Crippen LogP contribution in [0.5, 0.6) is 0 Å². The summed E-state index contributed by atoms with van der Waals surface area (Å²) in [4.78, 5) is 0. The van der Waals surface area contributed by atoms with Gasteiger partial charge in [0.25, 0.3) is 0 Å². The maximum atomic E-state index is 4.05. The summed E-state index contributed by atoms with van der Waals surface area (Å²) in [6, 6.07) is 0. The van der Waals surface area contributed by atoms with Crippen LogP contribution >= 0.6 is 12.6 Å². The normalized spacial score (nSPS) is 14.3. The van der Waals surface area contributed by atoms with E-state index in [1.807, 2.05) is 0 Å². The van der Waals surface area contributed by atoms with E-state index in [0.717, 1.165) is 24.3 Å². The van der Waals surface area contributed by atoms with Crippen LogP contribution < -0.4 is 5.32 Å². The molecule has 0 bridgehead atoms. The van der Waals surface area contributed by atoms with Gasteiger partial charge in [-0.25, -0.2) is 0 Å². The van der Waals surface area contributed by atoms with Crippen molar-refractivity contribution in [2.24, 2.45) is 11.8 Å². The largest absolute Gasteiger partial charge is 0.308 e. The molecule has 0 fully saturated rings. The van der Waals surface area contributed by atoms with Gasteiger partial charge >= 0.3 is 0 Å². The second-order valence-electron chi connectivity index (χ2n) is 2.83. The standard InChI is InChI=1S/C7H17NS/c1-6(2)7(3)4-8-5-9/h6-9H,4-5H2,1-3H3. The lowest BCUT2D eigenvalue weighted by Crippen LogP contribution is -2.22. The monoisotopic (exact) mass is 147 g/mol. The maximum Gasteiger partial charge on any atom is 0.0387 e. The van der Waals surface area contributed by atoms with Crippen LogP contribution in [0.25, 0.3) is 0 Å². The zero-order valence-corrected chi connectivity index (χ0v) is 7.41. The molecule has 1 nitrogen and oxygen atoms in total. The first-order valence-corrected chi connectivity index (χ1v) is 4.13. The molecule has 1 atom stereocenters. The van der Waals surface area contributed by atoms with Crippen LogP contribution in [-0.2, 0) is 0 Å². The van der Waals surface area contributed by atoms with Crippen LogP contribution in [0.2, 0.25) is 0 Å². The van der Waals surface area contributed by atoms with Crippen molar-refractivity contribution in [3.05, 3.63) is 0 Å². The summed E-state index contributed by atoms with van der Waals surface area (Å²) in [5.41, 5.74) is 0. The van der Waals surface area contributed by atoms with Gasteiger partial charge in [-0.1, -0.05) is 20.8 Å². The molecule has 2 heteroatoms. The highest BCUT2D eigenvalue weighted by Crippen LogP contribution is 2.06. The average molecular weight is 147 g/mol. The molecule has 1 N–H and O–H groups in total. The van der Waals surface area contributed by atoms with Crippen molar-refractivity contribution in [1.82, 2.24) is 5.32 Å². The molecule has 0 saturated heterocycles. The fourth-order valence-corrected chi connectivity index (χ4v) is 0.657. The molecule has 0 aliphatic heterocycles. The molecule has 0 amide bonds. The SMILES string of the molecule is CC(C)C(C)CNCS. The number of hydrogen-bond donors (Lipinski definition) is 2. The van der Waals surface area contributed by atoms with Crippen molar-refractivity contribution in [2.45, 2.75) is 20.8 Å². The summed E-state index contributed by atoms with van der Waals surface area (Å²) in [6.45, 7) is 7.82. The van der Waals surface area contributed by atoms with Crippen LogP contribution in [0, 0.1) is 11.8 Å². The minimum Gasteiger partial charge on any atom is -0.308 e. The Morgan fingerprint density at radius 2 is 1.89 bits per heavy atom. The second kappa shape index (κ2) is 5.12. The number of rotatable bonds is 4. The Hall–Kier alpha value is 0.310. The fraction of sp³-hybridized carbons (Fsp3) is 1.00. The van der Waals surface area contributed by atoms with Gasteiger partial charge in [-0.3, -0.25) is 0 Å². The van der Waals surface area contributed by atoms with E-state index in [4.69, 9.17) is 0 Å². The van der Waals surface area contributed by atoms with Gasteiger partial charge in [-0.05, 0) is 18.4 Å². The lowest BCUT2D eigenvalue weighted by atomic mass is 9.98. The Kier molecular flexibility index (Phi) is 5.30. The molecule has 1 unspecified atom stereocenters. The smallest absolute Gasteiger partial charge is 0.0387 e. The fourth-order valence-electron chi connectivity index (χ4n) is 0.528. The summed E-state index contributed by atoms with van der Waals surface area (Å²) in [6.07, 6.45) is 0. The van der Waals surface area contributed by atoms with Gasteiger partial charge in [-0.2, -0.15) is 12.6 Å². The predicted molar refractivity (Wildman–Crippen MR) is 45.9 cm³/mol. The van der Waals surface area contributed by atoms with Crippen molar-refractivity contribution in [3.8, 4) is 0 Å². The zero-order chi connectivity index (χ0) is 7.28. The lowest BCUT2D eigenvalue weighted by Gasteiger charge is -2.14. The van der Waals surface area contributed by atoms with E-state index < -0.39 is 0 Å². The van der Waals surface area contributed by atoms with E-state index in [-0.39, 0.29) is 0 Å². The van der Waals surface area contributed by atoms with Crippen LogP contribution in [0.1, 0.15) is 20.8 Å². The van der Waals surface area contributed by atoms with Gasteiger partial charge < -0.3 is 5.32 Å². The number of nitrogens with one attached hydrogen (secondary N) is 1. The van der Waals surface area contributed by atoms with Crippen molar-refractivity contribution >= 4 is 12.6 Å². The van der Waals surface area contributed by atoms with Gasteiger partial charge in [-0.15, -0.1) is 0 Å². The summed E-state index contributed by atoms with van der Waals surface area (Å²) in [7, 11) is 0. The van der Waals surface area contributed by atoms with Crippen molar-refractivity contribution in [2.75, 3.05) is 12.4 Å². The van der Waals surface area contributed by atoms with Crippen molar-refractivity contribution in [3.63, 3.8) is 0 Å². The molecule has 0 rings (SSSR count). The minimum atomic E-state index is 0.761. The first-order chi connectivity index (χ1) is 4.18. The summed E-state index contributed by atoms with van der Waals surface area (Å²) in [5, 5.41) is 3.19. The van der Waals surface area contributed by atoms with E-state index in [1.54, 1.807) is 0 Å². The molecule has 0 aliphatic rings.